The summed E-state index contributed by atoms with van der Waals surface area (Å²) in [5, 5.41) is 9.97. The zero-order valence-corrected chi connectivity index (χ0v) is 16.8. The minimum Gasteiger partial charge on any atom is -0.393 e. The second kappa shape index (κ2) is 8.47. The van der Waals surface area contributed by atoms with E-state index in [1.165, 1.54) is 10.8 Å². The van der Waals surface area contributed by atoms with E-state index in [0.717, 1.165) is 19.0 Å². The first-order valence-electron chi connectivity index (χ1n) is 9.31. The Hall–Kier alpha value is -1.15. The standard InChI is InChI=1S/C18H26Cl2N4O3/c1-23-9-14(22-8-16(23)26)18(27)24-4-2-10(3-5-24)17(21)11-6-12(19)13(20)7-15(11)25/h8-13,15,17,25H,2-7,21H2,1H3/t11?,12?,13?,15?,17-/m1/s1. The van der Waals surface area contributed by atoms with Crippen molar-refractivity contribution in [1.29, 1.82) is 0 Å². The summed E-state index contributed by atoms with van der Waals surface area (Å²) in [5.41, 5.74) is 6.49. The number of piperidine rings is 1. The minimum absolute atomic E-state index is 0.0694. The van der Waals surface area contributed by atoms with Crippen molar-refractivity contribution in [2.45, 2.75) is 48.6 Å². The molecule has 150 valence electrons. The Labute approximate surface area is 168 Å². The Morgan fingerprint density at radius 2 is 1.93 bits per heavy atom. The number of hydrogen-bond donors (Lipinski definition) is 2. The van der Waals surface area contributed by atoms with Gasteiger partial charge >= 0.3 is 0 Å². The smallest absolute Gasteiger partial charge is 0.273 e. The van der Waals surface area contributed by atoms with Crippen LogP contribution >= 0.6 is 23.2 Å². The van der Waals surface area contributed by atoms with E-state index >= 15 is 0 Å². The van der Waals surface area contributed by atoms with Gasteiger partial charge < -0.3 is 20.3 Å². The molecule has 7 nitrogen and oxygen atoms in total. The number of aromatic nitrogens is 2. The fourth-order valence-corrected chi connectivity index (χ4v) is 4.73. The Morgan fingerprint density at radius 3 is 2.56 bits per heavy atom. The summed E-state index contributed by atoms with van der Waals surface area (Å²) in [5.74, 6) is -0.0290. The van der Waals surface area contributed by atoms with Crippen molar-refractivity contribution in [3.8, 4) is 0 Å². The minimum atomic E-state index is -0.535. The fourth-order valence-electron chi connectivity index (χ4n) is 4.14. The number of carbonyl (C=O) groups is 1. The van der Waals surface area contributed by atoms with E-state index in [9.17, 15) is 14.7 Å². The number of aliphatic hydroxyl groups is 1. The van der Waals surface area contributed by atoms with Gasteiger partial charge in [-0.05, 0) is 31.6 Å². The van der Waals surface area contributed by atoms with Gasteiger partial charge in [-0.1, -0.05) is 0 Å². The maximum Gasteiger partial charge on any atom is 0.273 e. The molecular weight excluding hydrogens is 391 g/mol. The molecule has 1 saturated carbocycles. The Bertz CT molecular complexity index is 736. The third-order valence-corrected chi connectivity index (χ3v) is 7.01. The second-order valence-electron chi connectivity index (χ2n) is 7.66. The molecule has 1 amide bonds. The van der Waals surface area contributed by atoms with Crippen LogP contribution in [0.5, 0.6) is 0 Å². The normalized spacial score (nSPS) is 30.9. The molecule has 0 aromatic carbocycles. The molecule has 4 unspecified atom stereocenters. The van der Waals surface area contributed by atoms with Crippen LogP contribution in [0.2, 0.25) is 0 Å². The van der Waals surface area contributed by atoms with Crippen LogP contribution in [0.1, 0.15) is 36.2 Å². The molecule has 0 bridgehead atoms. The molecule has 2 heterocycles. The van der Waals surface area contributed by atoms with E-state index in [1.54, 1.807) is 11.9 Å². The van der Waals surface area contributed by atoms with Gasteiger partial charge in [0.25, 0.3) is 11.5 Å². The number of aliphatic hydroxyl groups excluding tert-OH is 1. The number of amides is 1. The second-order valence-corrected chi connectivity index (χ2v) is 8.78. The predicted molar refractivity (Wildman–Crippen MR) is 104 cm³/mol. The molecule has 2 aliphatic rings. The SMILES string of the molecule is Cn1cc(C(=O)N2CCC([C@@H](N)C3CC(Cl)C(Cl)CC3O)CC2)ncc1=O. The van der Waals surface area contributed by atoms with Crippen molar-refractivity contribution in [3.05, 3.63) is 28.4 Å². The van der Waals surface area contributed by atoms with E-state index in [2.05, 4.69) is 4.98 Å². The van der Waals surface area contributed by atoms with Crippen LogP contribution in [0.15, 0.2) is 17.2 Å². The molecule has 9 heteroatoms. The topological polar surface area (TPSA) is 101 Å². The van der Waals surface area contributed by atoms with Crippen LogP contribution in [0, 0.1) is 11.8 Å². The molecule has 0 radical (unpaired) electrons. The molecule has 1 saturated heterocycles. The van der Waals surface area contributed by atoms with Crippen molar-refractivity contribution < 1.29 is 9.90 Å². The number of carbonyl (C=O) groups excluding carboxylic acids is 1. The number of aryl methyl sites for hydroxylation is 1. The van der Waals surface area contributed by atoms with Gasteiger partial charge in [-0.2, -0.15) is 0 Å². The number of nitrogens with two attached hydrogens (primary N) is 1. The van der Waals surface area contributed by atoms with Gasteiger partial charge in [-0.3, -0.25) is 9.59 Å². The molecule has 1 aromatic rings. The predicted octanol–water partition coefficient (Wildman–Crippen LogP) is 0.945. The molecular formula is C18H26Cl2N4O3. The highest BCUT2D eigenvalue weighted by Gasteiger charge is 2.40. The summed E-state index contributed by atoms with van der Waals surface area (Å²) in [6.07, 6.45) is 4.69. The largest absolute Gasteiger partial charge is 0.393 e. The molecule has 3 rings (SSSR count). The van der Waals surface area contributed by atoms with Crippen LogP contribution < -0.4 is 11.3 Å². The van der Waals surface area contributed by atoms with E-state index in [0.29, 0.717) is 25.9 Å². The zero-order valence-electron chi connectivity index (χ0n) is 15.3. The van der Waals surface area contributed by atoms with Gasteiger partial charge in [0.2, 0.25) is 0 Å². The molecule has 5 atom stereocenters. The van der Waals surface area contributed by atoms with Crippen LogP contribution in [0.4, 0.5) is 0 Å². The molecule has 1 aromatic heterocycles. The van der Waals surface area contributed by atoms with E-state index in [4.69, 9.17) is 28.9 Å². The Balaban J connectivity index is 1.58. The lowest BCUT2D eigenvalue weighted by Gasteiger charge is -2.42. The average Bonchev–Trinajstić information content (AvgIpc) is 2.66. The van der Waals surface area contributed by atoms with Crippen molar-refractivity contribution in [2.24, 2.45) is 24.6 Å². The van der Waals surface area contributed by atoms with Gasteiger partial charge in [0, 0.05) is 38.3 Å². The van der Waals surface area contributed by atoms with Crippen molar-refractivity contribution in [1.82, 2.24) is 14.5 Å². The number of alkyl halides is 2. The lowest BCUT2D eigenvalue weighted by atomic mass is 9.74. The fraction of sp³-hybridized carbons (Fsp3) is 0.722. The highest BCUT2D eigenvalue weighted by Crippen LogP contribution is 2.37. The maximum atomic E-state index is 12.6. The summed E-state index contributed by atoms with van der Waals surface area (Å²) in [6.45, 7) is 1.15. The highest BCUT2D eigenvalue weighted by molar-refractivity contribution is 6.30. The summed E-state index contributed by atoms with van der Waals surface area (Å²) in [6, 6.07) is -0.168. The van der Waals surface area contributed by atoms with Crippen molar-refractivity contribution >= 4 is 29.1 Å². The number of rotatable bonds is 3. The number of halogens is 2. The maximum absolute atomic E-state index is 12.6. The first-order chi connectivity index (χ1) is 12.8. The molecule has 1 aliphatic carbocycles. The van der Waals surface area contributed by atoms with E-state index in [-0.39, 0.29) is 45.8 Å². The summed E-state index contributed by atoms with van der Waals surface area (Å²) < 4.78 is 1.35. The van der Waals surface area contributed by atoms with E-state index < -0.39 is 6.10 Å². The Kier molecular flexibility index (Phi) is 6.46. The molecule has 0 spiro atoms. The third kappa shape index (κ3) is 4.47. The van der Waals surface area contributed by atoms with Crippen LogP contribution in [0.25, 0.3) is 0 Å². The van der Waals surface area contributed by atoms with Crippen LogP contribution in [-0.2, 0) is 7.05 Å². The number of likely N-dealkylation sites (tertiary alicyclic amines) is 1. The van der Waals surface area contributed by atoms with Crippen molar-refractivity contribution in [3.63, 3.8) is 0 Å². The number of hydrogen-bond acceptors (Lipinski definition) is 5. The van der Waals surface area contributed by atoms with Crippen LogP contribution in [0.3, 0.4) is 0 Å². The Morgan fingerprint density at radius 1 is 1.30 bits per heavy atom. The summed E-state index contributed by atoms with van der Waals surface area (Å²) in [4.78, 5) is 29.7. The average molecular weight is 417 g/mol. The van der Waals surface area contributed by atoms with Gasteiger partial charge in [0.05, 0.1) is 23.1 Å². The monoisotopic (exact) mass is 416 g/mol. The third-order valence-electron chi connectivity index (χ3n) is 5.91. The number of nitrogens with zero attached hydrogens (tertiary/aromatic N) is 3. The van der Waals surface area contributed by atoms with E-state index in [1.807, 2.05) is 0 Å². The molecule has 1 aliphatic heterocycles. The zero-order chi connectivity index (χ0) is 19.7. The van der Waals surface area contributed by atoms with Gasteiger partial charge in [0.15, 0.2) is 0 Å². The van der Waals surface area contributed by atoms with Crippen LogP contribution in [-0.4, -0.2) is 61.5 Å². The molecule has 3 N–H and O–H groups in total. The quantitative estimate of drug-likeness (QED) is 0.713. The molecule has 27 heavy (non-hydrogen) atoms. The lowest BCUT2D eigenvalue weighted by molar-refractivity contribution is 0.0337. The van der Waals surface area contributed by atoms with Gasteiger partial charge in [0.1, 0.15) is 5.69 Å². The first kappa shape index (κ1) is 20.6. The first-order valence-corrected chi connectivity index (χ1v) is 10.2. The summed E-state index contributed by atoms with van der Waals surface area (Å²) >= 11 is 12.4. The van der Waals surface area contributed by atoms with Crippen molar-refractivity contribution in [2.75, 3.05) is 13.1 Å². The molecule has 2 fully saturated rings. The highest BCUT2D eigenvalue weighted by atomic mass is 35.5. The van der Waals surface area contributed by atoms with Gasteiger partial charge in [-0.25, -0.2) is 4.98 Å². The summed E-state index contributed by atoms with van der Waals surface area (Å²) in [7, 11) is 1.59. The van der Waals surface area contributed by atoms with Gasteiger partial charge in [-0.15, -0.1) is 23.2 Å². The lowest BCUT2D eigenvalue weighted by Crippen LogP contribution is -2.52.